The molecule has 2 amide bonds. The lowest BCUT2D eigenvalue weighted by Crippen LogP contribution is -2.35. The lowest BCUT2D eigenvalue weighted by Gasteiger charge is -2.05. The number of carbonyl (C=O) groups excluding carboxylic acids is 1. The molecule has 0 aliphatic rings. The number of hydrogen-bond donors (Lipinski definition) is 2. The highest BCUT2D eigenvalue weighted by Crippen LogP contribution is 2.04. The molecule has 0 spiro atoms. The number of terminal acetylenes is 1. The standard InChI is InChI=1S/C11H11FN2O/c1-2-7-13-11(15)14-8-9-5-3-4-6-10(9)12/h1,3-6H,7-8H2,(H2,13,14,15). The van der Waals surface area contributed by atoms with Crippen molar-refractivity contribution in [3.05, 3.63) is 35.6 Å². The van der Waals surface area contributed by atoms with Gasteiger partial charge in [0.25, 0.3) is 0 Å². The lowest BCUT2D eigenvalue weighted by atomic mass is 10.2. The summed E-state index contributed by atoms with van der Waals surface area (Å²) < 4.78 is 13.1. The van der Waals surface area contributed by atoms with Crippen LogP contribution in [-0.4, -0.2) is 12.6 Å². The van der Waals surface area contributed by atoms with Gasteiger partial charge in [-0.05, 0) is 6.07 Å². The molecule has 1 rings (SSSR count). The van der Waals surface area contributed by atoms with Gasteiger partial charge in [0.2, 0.25) is 0 Å². The third-order valence-corrected chi connectivity index (χ3v) is 1.75. The Bertz CT molecular complexity index is 384. The lowest BCUT2D eigenvalue weighted by molar-refractivity contribution is 0.241. The van der Waals surface area contributed by atoms with Crippen LogP contribution in [0.3, 0.4) is 0 Å². The van der Waals surface area contributed by atoms with Gasteiger partial charge < -0.3 is 10.6 Å². The molecule has 0 saturated carbocycles. The van der Waals surface area contributed by atoms with Gasteiger partial charge in [-0.25, -0.2) is 9.18 Å². The van der Waals surface area contributed by atoms with Crippen LogP contribution in [0.25, 0.3) is 0 Å². The van der Waals surface area contributed by atoms with E-state index in [1.807, 2.05) is 0 Å². The monoisotopic (exact) mass is 206 g/mol. The molecule has 1 aromatic rings. The summed E-state index contributed by atoms with van der Waals surface area (Å²) in [7, 11) is 0. The molecule has 0 fully saturated rings. The summed E-state index contributed by atoms with van der Waals surface area (Å²) in [6.45, 7) is 0.298. The van der Waals surface area contributed by atoms with Crippen molar-refractivity contribution in [3.8, 4) is 12.3 Å². The SMILES string of the molecule is C#CCNC(=O)NCc1ccccc1F. The zero-order valence-corrected chi connectivity index (χ0v) is 8.09. The van der Waals surface area contributed by atoms with Crippen LogP contribution in [0.15, 0.2) is 24.3 Å². The maximum absolute atomic E-state index is 13.1. The summed E-state index contributed by atoms with van der Waals surface area (Å²) in [5.41, 5.74) is 0.438. The molecule has 78 valence electrons. The summed E-state index contributed by atoms with van der Waals surface area (Å²) in [6.07, 6.45) is 4.96. The van der Waals surface area contributed by atoms with Gasteiger partial charge in [0.1, 0.15) is 5.82 Å². The molecule has 0 bridgehead atoms. The first kappa shape index (κ1) is 11.1. The van der Waals surface area contributed by atoms with E-state index in [4.69, 9.17) is 6.42 Å². The molecular formula is C11H11FN2O. The first-order chi connectivity index (χ1) is 7.24. The highest BCUT2D eigenvalue weighted by Gasteiger charge is 2.02. The van der Waals surface area contributed by atoms with Crippen LogP contribution in [0.5, 0.6) is 0 Å². The van der Waals surface area contributed by atoms with Crippen molar-refractivity contribution in [2.24, 2.45) is 0 Å². The van der Waals surface area contributed by atoms with E-state index in [1.54, 1.807) is 18.2 Å². The Hall–Kier alpha value is -2.02. The average Bonchev–Trinajstić information content (AvgIpc) is 2.25. The molecule has 1 aromatic carbocycles. The minimum Gasteiger partial charge on any atom is -0.334 e. The molecule has 0 aromatic heterocycles. The number of carbonyl (C=O) groups is 1. The fraction of sp³-hybridized carbons (Fsp3) is 0.182. The van der Waals surface area contributed by atoms with Crippen LogP contribution in [0.2, 0.25) is 0 Å². The van der Waals surface area contributed by atoms with Gasteiger partial charge in [0.05, 0.1) is 6.54 Å². The predicted molar refractivity (Wildman–Crippen MR) is 55.5 cm³/mol. The van der Waals surface area contributed by atoms with Gasteiger partial charge in [0.15, 0.2) is 0 Å². The second-order valence-corrected chi connectivity index (χ2v) is 2.83. The second kappa shape index (κ2) is 5.66. The Morgan fingerprint density at radius 2 is 2.13 bits per heavy atom. The zero-order valence-electron chi connectivity index (χ0n) is 8.09. The predicted octanol–water partition coefficient (Wildman–Crippen LogP) is 1.26. The van der Waals surface area contributed by atoms with Crippen LogP contribution in [-0.2, 0) is 6.54 Å². The highest BCUT2D eigenvalue weighted by molar-refractivity contribution is 5.74. The van der Waals surface area contributed by atoms with Gasteiger partial charge in [-0.2, -0.15) is 0 Å². The molecule has 3 nitrogen and oxygen atoms in total. The Balaban J connectivity index is 2.41. The fourth-order valence-corrected chi connectivity index (χ4v) is 1.01. The third-order valence-electron chi connectivity index (χ3n) is 1.75. The van der Waals surface area contributed by atoms with Gasteiger partial charge in [-0.1, -0.05) is 24.1 Å². The van der Waals surface area contributed by atoms with Crippen molar-refractivity contribution in [1.29, 1.82) is 0 Å². The number of hydrogen-bond acceptors (Lipinski definition) is 1. The maximum Gasteiger partial charge on any atom is 0.315 e. The molecule has 0 radical (unpaired) electrons. The van der Waals surface area contributed by atoms with E-state index in [1.165, 1.54) is 6.07 Å². The highest BCUT2D eigenvalue weighted by atomic mass is 19.1. The van der Waals surface area contributed by atoms with Crippen molar-refractivity contribution in [3.63, 3.8) is 0 Å². The summed E-state index contributed by atoms with van der Waals surface area (Å²) in [5, 5.41) is 4.90. The number of nitrogens with one attached hydrogen (secondary N) is 2. The van der Waals surface area contributed by atoms with Crippen molar-refractivity contribution in [1.82, 2.24) is 10.6 Å². The summed E-state index contributed by atoms with van der Waals surface area (Å²) in [5.74, 6) is 1.92. The van der Waals surface area contributed by atoms with E-state index in [0.29, 0.717) is 5.56 Å². The molecule has 4 heteroatoms. The molecule has 0 atom stereocenters. The van der Waals surface area contributed by atoms with Gasteiger partial charge in [-0.15, -0.1) is 6.42 Å². The molecule has 0 aliphatic carbocycles. The Kier molecular flexibility index (Phi) is 4.17. The van der Waals surface area contributed by atoms with E-state index in [0.717, 1.165) is 0 Å². The third kappa shape index (κ3) is 3.69. The molecular weight excluding hydrogens is 195 g/mol. The molecule has 2 N–H and O–H groups in total. The molecule has 0 saturated heterocycles. The molecule has 0 heterocycles. The van der Waals surface area contributed by atoms with Crippen molar-refractivity contribution in [2.75, 3.05) is 6.54 Å². The number of benzene rings is 1. The van der Waals surface area contributed by atoms with Gasteiger partial charge >= 0.3 is 6.03 Å². The Labute approximate surface area is 87.7 Å². The average molecular weight is 206 g/mol. The van der Waals surface area contributed by atoms with Gasteiger partial charge in [-0.3, -0.25) is 0 Å². The first-order valence-corrected chi connectivity index (χ1v) is 4.42. The smallest absolute Gasteiger partial charge is 0.315 e. The van der Waals surface area contributed by atoms with E-state index < -0.39 is 6.03 Å². The number of amides is 2. The molecule has 0 aliphatic heterocycles. The first-order valence-electron chi connectivity index (χ1n) is 4.42. The second-order valence-electron chi connectivity index (χ2n) is 2.83. The fourth-order valence-electron chi connectivity index (χ4n) is 1.01. The van der Waals surface area contributed by atoms with E-state index in [-0.39, 0.29) is 18.9 Å². The quantitative estimate of drug-likeness (QED) is 0.718. The van der Waals surface area contributed by atoms with Crippen molar-refractivity contribution < 1.29 is 9.18 Å². The van der Waals surface area contributed by atoms with E-state index in [9.17, 15) is 9.18 Å². The molecule has 0 unspecified atom stereocenters. The van der Waals surface area contributed by atoms with Gasteiger partial charge in [0, 0.05) is 12.1 Å². The minimum atomic E-state index is -0.406. The Morgan fingerprint density at radius 1 is 1.40 bits per heavy atom. The van der Waals surface area contributed by atoms with Crippen LogP contribution in [0.4, 0.5) is 9.18 Å². The van der Waals surface area contributed by atoms with E-state index >= 15 is 0 Å². The summed E-state index contributed by atoms with van der Waals surface area (Å²) in [4.78, 5) is 11.0. The van der Waals surface area contributed by atoms with E-state index in [2.05, 4.69) is 16.6 Å². The molecule has 15 heavy (non-hydrogen) atoms. The number of rotatable bonds is 3. The normalized spacial score (nSPS) is 9.07. The van der Waals surface area contributed by atoms with Crippen LogP contribution in [0.1, 0.15) is 5.56 Å². The van der Waals surface area contributed by atoms with Crippen LogP contribution >= 0.6 is 0 Å². The topological polar surface area (TPSA) is 41.1 Å². The maximum atomic E-state index is 13.1. The van der Waals surface area contributed by atoms with Crippen LogP contribution in [0, 0.1) is 18.2 Å². The zero-order chi connectivity index (χ0) is 11.1. The number of urea groups is 1. The Morgan fingerprint density at radius 3 is 2.80 bits per heavy atom. The van der Waals surface area contributed by atoms with Crippen molar-refractivity contribution >= 4 is 6.03 Å². The van der Waals surface area contributed by atoms with Crippen LogP contribution < -0.4 is 10.6 Å². The minimum absolute atomic E-state index is 0.142. The number of halogens is 1. The largest absolute Gasteiger partial charge is 0.334 e. The summed E-state index contributed by atoms with van der Waals surface area (Å²) in [6, 6.07) is 5.85. The van der Waals surface area contributed by atoms with Crippen molar-refractivity contribution in [2.45, 2.75) is 6.54 Å². The summed E-state index contributed by atoms with van der Waals surface area (Å²) >= 11 is 0.